The van der Waals surface area contributed by atoms with Gasteiger partial charge in [-0.1, -0.05) is 5.16 Å². The molecule has 1 fully saturated rings. The molecule has 2 aromatic heterocycles. The number of hydrogen-bond donors (Lipinski definition) is 0. The molecule has 3 heterocycles. The predicted octanol–water partition coefficient (Wildman–Crippen LogP) is 3.44. The van der Waals surface area contributed by atoms with Crippen molar-refractivity contribution in [1.82, 2.24) is 20.0 Å². The van der Waals surface area contributed by atoms with E-state index < -0.39 is 4.92 Å². The highest BCUT2D eigenvalue weighted by Crippen LogP contribution is 2.42. The molecule has 0 spiro atoms. The van der Waals surface area contributed by atoms with E-state index in [0.29, 0.717) is 42.4 Å². The molecule has 1 amide bonds. The van der Waals surface area contributed by atoms with Gasteiger partial charge in [0.1, 0.15) is 5.75 Å². The van der Waals surface area contributed by atoms with Crippen molar-refractivity contribution in [3.8, 4) is 5.75 Å². The maximum Gasteiger partial charge on any atom is 0.273 e. The van der Waals surface area contributed by atoms with Crippen molar-refractivity contribution in [1.29, 1.82) is 0 Å². The third kappa shape index (κ3) is 4.16. The van der Waals surface area contributed by atoms with Crippen molar-refractivity contribution in [3.63, 3.8) is 0 Å². The molecule has 2 atom stereocenters. The van der Waals surface area contributed by atoms with Gasteiger partial charge in [0.25, 0.3) is 5.69 Å². The molecule has 32 heavy (non-hydrogen) atoms. The molecule has 0 unspecified atom stereocenters. The first-order valence-corrected chi connectivity index (χ1v) is 10.3. The van der Waals surface area contributed by atoms with E-state index >= 15 is 0 Å². The van der Waals surface area contributed by atoms with E-state index in [0.717, 1.165) is 5.56 Å². The van der Waals surface area contributed by atoms with Gasteiger partial charge in [-0.25, -0.2) is 0 Å². The van der Waals surface area contributed by atoms with E-state index in [2.05, 4.69) is 15.1 Å². The number of likely N-dealkylation sites (tertiary alicyclic amines) is 1. The Kier molecular flexibility index (Phi) is 6.11. The Bertz CT molecular complexity index is 1120. The third-order valence-electron chi connectivity index (χ3n) is 5.73. The molecule has 0 N–H and O–H groups in total. The Morgan fingerprint density at radius 2 is 2.06 bits per heavy atom. The van der Waals surface area contributed by atoms with Gasteiger partial charge in [0.05, 0.1) is 24.0 Å². The molecule has 3 aromatic rings. The van der Waals surface area contributed by atoms with Gasteiger partial charge in [0.2, 0.25) is 11.8 Å². The summed E-state index contributed by atoms with van der Waals surface area (Å²) in [4.78, 5) is 34.0. The number of nitro benzene ring substituents is 1. The number of pyridine rings is 1. The Balaban J connectivity index is 1.65. The predicted molar refractivity (Wildman–Crippen MR) is 113 cm³/mol. The monoisotopic (exact) mass is 437 g/mol. The summed E-state index contributed by atoms with van der Waals surface area (Å²) in [7, 11) is 1.50. The van der Waals surface area contributed by atoms with Crippen molar-refractivity contribution >= 4 is 11.6 Å². The second kappa shape index (κ2) is 9.13. The molecular formula is C22H23N5O5. The smallest absolute Gasteiger partial charge is 0.273 e. The SMILES string of the molecule is CCN1C(=O)CC[C@H](c2nc(Cc3cc(OC)ccc3[N+](=O)[O-])no2)[C@H]1c1ccncc1. The molecule has 10 nitrogen and oxygen atoms in total. The maximum atomic E-state index is 12.6. The van der Waals surface area contributed by atoms with Gasteiger partial charge in [-0.2, -0.15) is 4.98 Å². The van der Waals surface area contributed by atoms with E-state index in [1.165, 1.54) is 13.2 Å². The number of nitro groups is 1. The minimum Gasteiger partial charge on any atom is -0.497 e. The number of rotatable bonds is 7. The van der Waals surface area contributed by atoms with Crippen LogP contribution in [0.4, 0.5) is 5.69 Å². The largest absolute Gasteiger partial charge is 0.497 e. The van der Waals surface area contributed by atoms with Crippen LogP contribution >= 0.6 is 0 Å². The maximum absolute atomic E-state index is 12.6. The van der Waals surface area contributed by atoms with Gasteiger partial charge in [-0.15, -0.1) is 0 Å². The molecule has 1 aliphatic rings. The summed E-state index contributed by atoms with van der Waals surface area (Å²) in [5.74, 6) is 1.16. The van der Waals surface area contributed by atoms with Crippen LogP contribution in [0.3, 0.4) is 0 Å². The van der Waals surface area contributed by atoms with Crippen LogP contribution in [0.5, 0.6) is 5.75 Å². The molecular weight excluding hydrogens is 414 g/mol. The lowest BCUT2D eigenvalue weighted by Crippen LogP contribution is -2.42. The Hall–Kier alpha value is -3.82. The van der Waals surface area contributed by atoms with Crippen molar-refractivity contribution in [2.24, 2.45) is 0 Å². The van der Waals surface area contributed by atoms with Crippen LogP contribution in [0.15, 0.2) is 47.2 Å². The summed E-state index contributed by atoms with van der Waals surface area (Å²) in [6, 6.07) is 8.07. The number of ether oxygens (including phenoxy) is 1. The molecule has 0 radical (unpaired) electrons. The summed E-state index contributed by atoms with van der Waals surface area (Å²) >= 11 is 0. The highest BCUT2D eigenvalue weighted by molar-refractivity contribution is 5.78. The van der Waals surface area contributed by atoms with Crippen LogP contribution in [-0.2, 0) is 11.2 Å². The van der Waals surface area contributed by atoms with Crippen molar-refractivity contribution in [2.45, 2.75) is 38.1 Å². The minimum atomic E-state index is -0.443. The van der Waals surface area contributed by atoms with Gasteiger partial charge < -0.3 is 14.2 Å². The molecule has 1 aromatic carbocycles. The number of likely N-dealkylation sites (N-methyl/N-ethyl adjacent to an activating group) is 1. The molecule has 4 rings (SSSR count). The van der Waals surface area contributed by atoms with Crippen LogP contribution in [0.2, 0.25) is 0 Å². The number of benzene rings is 1. The van der Waals surface area contributed by atoms with Gasteiger partial charge in [-0.3, -0.25) is 19.9 Å². The zero-order valence-electron chi connectivity index (χ0n) is 17.8. The first-order chi connectivity index (χ1) is 15.5. The standard InChI is InChI=1S/C22H23N5O5/c1-3-26-20(28)7-5-17(21(26)14-8-10-23-11-9-14)22-24-19(25-32-22)13-15-12-16(31-2)4-6-18(15)27(29)30/h4,6,8-12,17,21H,3,5,7,13H2,1-2H3/t17-,21+/m0/s1. The van der Waals surface area contributed by atoms with Crippen LogP contribution in [-0.4, -0.2) is 44.5 Å². The summed E-state index contributed by atoms with van der Waals surface area (Å²) in [5.41, 5.74) is 1.34. The molecule has 1 saturated heterocycles. The Morgan fingerprint density at radius 1 is 1.28 bits per heavy atom. The van der Waals surface area contributed by atoms with Gasteiger partial charge in [0.15, 0.2) is 5.82 Å². The second-order valence-corrected chi connectivity index (χ2v) is 7.53. The summed E-state index contributed by atoms with van der Waals surface area (Å²) in [5, 5.41) is 15.5. The molecule has 0 saturated carbocycles. The molecule has 1 aliphatic heterocycles. The average Bonchev–Trinajstić information content (AvgIpc) is 3.27. The topological polar surface area (TPSA) is 124 Å². The number of amides is 1. The lowest BCUT2D eigenvalue weighted by molar-refractivity contribution is -0.385. The fraction of sp³-hybridized carbons (Fsp3) is 0.364. The molecule has 10 heteroatoms. The zero-order valence-corrected chi connectivity index (χ0v) is 17.8. The number of nitrogens with zero attached hydrogens (tertiary/aromatic N) is 5. The van der Waals surface area contributed by atoms with E-state index in [1.807, 2.05) is 24.0 Å². The van der Waals surface area contributed by atoms with E-state index in [1.54, 1.807) is 24.5 Å². The number of carbonyl (C=O) groups excluding carboxylic acids is 1. The summed E-state index contributed by atoms with van der Waals surface area (Å²) in [6.45, 7) is 2.49. The quantitative estimate of drug-likeness (QED) is 0.407. The molecule has 0 aliphatic carbocycles. The normalized spacial score (nSPS) is 18.6. The average molecular weight is 437 g/mol. The van der Waals surface area contributed by atoms with Crippen LogP contribution in [0, 0.1) is 10.1 Å². The Morgan fingerprint density at radius 3 is 2.75 bits per heavy atom. The summed E-state index contributed by atoms with van der Waals surface area (Å²) in [6.07, 6.45) is 4.48. The van der Waals surface area contributed by atoms with Gasteiger partial charge in [-0.05, 0) is 43.2 Å². The zero-order chi connectivity index (χ0) is 22.7. The minimum absolute atomic E-state index is 0.0350. The highest BCUT2D eigenvalue weighted by Gasteiger charge is 2.39. The van der Waals surface area contributed by atoms with Gasteiger partial charge in [0, 0.05) is 43.4 Å². The number of methoxy groups -OCH3 is 1. The Labute approximate surface area is 184 Å². The van der Waals surface area contributed by atoms with Crippen molar-refractivity contribution in [3.05, 3.63) is 75.7 Å². The van der Waals surface area contributed by atoms with Gasteiger partial charge >= 0.3 is 0 Å². The third-order valence-corrected chi connectivity index (χ3v) is 5.73. The number of hydrogen-bond acceptors (Lipinski definition) is 8. The van der Waals surface area contributed by atoms with Crippen LogP contribution < -0.4 is 4.74 Å². The van der Waals surface area contributed by atoms with Crippen LogP contribution in [0.25, 0.3) is 0 Å². The molecule has 166 valence electrons. The number of aromatic nitrogens is 3. The van der Waals surface area contributed by atoms with Crippen LogP contribution in [0.1, 0.15) is 54.6 Å². The fourth-order valence-corrected chi connectivity index (χ4v) is 4.23. The van der Waals surface area contributed by atoms with Crippen molar-refractivity contribution < 1.29 is 19.0 Å². The molecule has 0 bridgehead atoms. The highest BCUT2D eigenvalue weighted by atomic mass is 16.6. The summed E-state index contributed by atoms with van der Waals surface area (Å²) < 4.78 is 10.8. The lowest BCUT2D eigenvalue weighted by Gasteiger charge is -2.39. The second-order valence-electron chi connectivity index (χ2n) is 7.53. The number of piperidine rings is 1. The van der Waals surface area contributed by atoms with E-state index in [-0.39, 0.29) is 30.0 Å². The lowest BCUT2D eigenvalue weighted by atomic mass is 9.84. The first kappa shape index (κ1) is 21.4. The first-order valence-electron chi connectivity index (χ1n) is 10.3. The van der Waals surface area contributed by atoms with E-state index in [9.17, 15) is 14.9 Å². The van der Waals surface area contributed by atoms with E-state index in [4.69, 9.17) is 9.26 Å². The fourth-order valence-electron chi connectivity index (χ4n) is 4.23. The van der Waals surface area contributed by atoms with Crippen molar-refractivity contribution in [2.75, 3.05) is 13.7 Å². The number of carbonyl (C=O) groups is 1.